The Morgan fingerprint density at radius 1 is 1.53 bits per heavy atom. The van der Waals surface area contributed by atoms with E-state index in [0.717, 1.165) is 6.42 Å². The lowest BCUT2D eigenvalue weighted by atomic mass is 10.1. The van der Waals surface area contributed by atoms with E-state index < -0.39 is 0 Å². The molecule has 1 fully saturated rings. The van der Waals surface area contributed by atoms with E-state index in [1.165, 1.54) is 4.90 Å². The highest BCUT2D eigenvalue weighted by molar-refractivity contribution is 5.79. The van der Waals surface area contributed by atoms with Gasteiger partial charge in [-0.05, 0) is 6.42 Å². The molecule has 2 unspecified atom stereocenters. The van der Waals surface area contributed by atoms with Gasteiger partial charge in [0.1, 0.15) is 0 Å². The van der Waals surface area contributed by atoms with Crippen LogP contribution in [0, 0.1) is 5.92 Å². The van der Waals surface area contributed by atoms with Crippen molar-refractivity contribution in [3.8, 4) is 0 Å². The van der Waals surface area contributed by atoms with Crippen LogP contribution in [0.5, 0.6) is 0 Å². The van der Waals surface area contributed by atoms with Crippen molar-refractivity contribution in [3.05, 3.63) is 0 Å². The van der Waals surface area contributed by atoms with Crippen LogP contribution in [0.1, 0.15) is 13.3 Å². The topological polar surface area (TPSA) is 70.7 Å². The molecule has 0 aromatic heterocycles. The number of nitrogens with one attached hydrogen (secondary N) is 2. The Kier molecular flexibility index (Phi) is 5.21. The van der Waals surface area contributed by atoms with Gasteiger partial charge in [0.15, 0.2) is 0 Å². The minimum absolute atomic E-state index is 0.0613. The molecule has 2 atom stereocenters. The molecule has 0 aliphatic carbocycles. The fraction of sp³-hybridized carbons (Fsp3) is 0.818. The Bertz CT molecular complexity index is 277. The largest absolute Gasteiger partial charge is 0.379 e. The van der Waals surface area contributed by atoms with Crippen molar-refractivity contribution in [2.45, 2.75) is 19.4 Å². The molecule has 2 N–H and O–H groups in total. The van der Waals surface area contributed by atoms with E-state index in [2.05, 4.69) is 10.6 Å². The first-order valence-corrected chi connectivity index (χ1v) is 5.85. The average Bonchev–Trinajstić information content (AvgIpc) is 2.80. The monoisotopic (exact) mass is 243 g/mol. The van der Waals surface area contributed by atoms with Crippen molar-refractivity contribution in [3.63, 3.8) is 0 Å². The number of urea groups is 1. The van der Waals surface area contributed by atoms with Crippen LogP contribution in [-0.4, -0.2) is 56.7 Å². The van der Waals surface area contributed by atoms with E-state index >= 15 is 0 Å². The summed E-state index contributed by atoms with van der Waals surface area (Å²) in [5, 5.41) is 5.44. The molecule has 0 bridgehead atoms. The highest BCUT2D eigenvalue weighted by atomic mass is 16.5. The summed E-state index contributed by atoms with van der Waals surface area (Å²) in [5.74, 6) is -0.274. The third-order valence-electron chi connectivity index (χ3n) is 2.85. The summed E-state index contributed by atoms with van der Waals surface area (Å²) in [6.07, 6.45) is 0.852. The van der Waals surface area contributed by atoms with Crippen molar-refractivity contribution in [1.82, 2.24) is 15.5 Å². The van der Waals surface area contributed by atoms with E-state index in [4.69, 9.17) is 4.74 Å². The second-order valence-electron chi connectivity index (χ2n) is 4.41. The van der Waals surface area contributed by atoms with Gasteiger partial charge in [-0.25, -0.2) is 4.79 Å². The van der Waals surface area contributed by atoms with Gasteiger partial charge in [0.25, 0.3) is 0 Å². The lowest BCUT2D eigenvalue weighted by molar-refractivity contribution is -0.124. The quantitative estimate of drug-likeness (QED) is 0.718. The van der Waals surface area contributed by atoms with Gasteiger partial charge < -0.3 is 20.3 Å². The standard InChI is InChI=1S/C11H21N3O3/c1-8(10(15)12-2)6-14(3)11(16)13-9-4-5-17-7-9/h8-9H,4-7H2,1-3H3,(H,12,15)(H,13,16). The van der Waals surface area contributed by atoms with Crippen molar-refractivity contribution in [2.24, 2.45) is 5.92 Å². The molecular weight excluding hydrogens is 222 g/mol. The van der Waals surface area contributed by atoms with Crippen LogP contribution >= 0.6 is 0 Å². The molecule has 0 spiro atoms. The van der Waals surface area contributed by atoms with Gasteiger partial charge in [0.05, 0.1) is 18.6 Å². The number of carbonyl (C=O) groups excluding carboxylic acids is 2. The lowest BCUT2D eigenvalue weighted by Gasteiger charge is -2.22. The molecule has 6 nitrogen and oxygen atoms in total. The van der Waals surface area contributed by atoms with E-state index in [-0.39, 0.29) is 23.9 Å². The van der Waals surface area contributed by atoms with Gasteiger partial charge in [0.2, 0.25) is 5.91 Å². The number of hydrogen-bond acceptors (Lipinski definition) is 3. The van der Waals surface area contributed by atoms with Crippen LogP contribution < -0.4 is 10.6 Å². The summed E-state index contributed by atoms with van der Waals surface area (Å²) in [4.78, 5) is 24.6. The number of hydrogen-bond donors (Lipinski definition) is 2. The molecule has 3 amide bonds. The predicted molar refractivity (Wildman–Crippen MR) is 63.6 cm³/mol. The number of rotatable bonds is 4. The van der Waals surface area contributed by atoms with E-state index in [1.54, 1.807) is 21.0 Å². The van der Waals surface area contributed by atoms with Crippen molar-refractivity contribution in [2.75, 3.05) is 33.9 Å². The van der Waals surface area contributed by atoms with Gasteiger partial charge in [-0.1, -0.05) is 6.92 Å². The fourth-order valence-corrected chi connectivity index (χ4v) is 1.76. The molecule has 98 valence electrons. The van der Waals surface area contributed by atoms with E-state index in [9.17, 15) is 9.59 Å². The highest BCUT2D eigenvalue weighted by Gasteiger charge is 2.21. The van der Waals surface area contributed by atoms with Crippen LogP contribution in [0.3, 0.4) is 0 Å². The summed E-state index contributed by atoms with van der Waals surface area (Å²) in [7, 11) is 3.28. The summed E-state index contributed by atoms with van der Waals surface area (Å²) >= 11 is 0. The predicted octanol–water partition coefficient (Wildman–Crippen LogP) is -0.201. The Morgan fingerprint density at radius 3 is 2.76 bits per heavy atom. The first-order chi connectivity index (χ1) is 8.04. The first-order valence-electron chi connectivity index (χ1n) is 5.85. The van der Waals surface area contributed by atoms with E-state index in [0.29, 0.717) is 19.8 Å². The third kappa shape index (κ3) is 4.22. The minimum atomic E-state index is -0.212. The SMILES string of the molecule is CNC(=O)C(C)CN(C)C(=O)NC1CCOC1. The van der Waals surface area contributed by atoms with Gasteiger partial charge >= 0.3 is 6.03 Å². The number of amides is 3. The maximum atomic E-state index is 11.8. The maximum Gasteiger partial charge on any atom is 0.317 e. The molecule has 17 heavy (non-hydrogen) atoms. The molecule has 1 rings (SSSR count). The van der Waals surface area contributed by atoms with Gasteiger partial charge in [0, 0.05) is 27.2 Å². The van der Waals surface area contributed by atoms with Crippen molar-refractivity contribution in [1.29, 1.82) is 0 Å². The highest BCUT2D eigenvalue weighted by Crippen LogP contribution is 2.05. The van der Waals surface area contributed by atoms with Crippen LogP contribution in [0.25, 0.3) is 0 Å². The van der Waals surface area contributed by atoms with Gasteiger partial charge in [-0.2, -0.15) is 0 Å². The summed E-state index contributed by atoms with van der Waals surface area (Å²) in [5.41, 5.74) is 0. The molecule has 0 radical (unpaired) electrons. The first kappa shape index (κ1) is 13.8. The second kappa shape index (κ2) is 6.44. The molecule has 0 saturated carbocycles. The Hall–Kier alpha value is -1.30. The molecule has 1 aliphatic rings. The van der Waals surface area contributed by atoms with Gasteiger partial charge in [-0.3, -0.25) is 4.79 Å². The molecule has 1 heterocycles. The average molecular weight is 243 g/mol. The summed E-state index contributed by atoms with van der Waals surface area (Å²) < 4.78 is 5.18. The zero-order valence-corrected chi connectivity index (χ0v) is 10.7. The number of nitrogens with zero attached hydrogens (tertiary/aromatic N) is 1. The second-order valence-corrected chi connectivity index (χ2v) is 4.41. The van der Waals surface area contributed by atoms with E-state index in [1.807, 2.05) is 0 Å². The van der Waals surface area contributed by atoms with Crippen molar-refractivity contribution >= 4 is 11.9 Å². The maximum absolute atomic E-state index is 11.8. The third-order valence-corrected chi connectivity index (χ3v) is 2.85. The summed E-state index contributed by atoms with van der Waals surface area (Å²) in [6, 6.07) is -0.0588. The lowest BCUT2D eigenvalue weighted by Crippen LogP contribution is -2.46. The zero-order chi connectivity index (χ0) is 12.8. The normalized spacial score (nSPS) is 20.8. The number of ether oxygens (including phenoxy) is 1. The Balaban J connectivity index is 2.32. The van der Waals surface area contributed by atoms with Crippen LogP contribution in [0.2, 0.25) is 0 Å². The Morgan fingerprint density at radius 2 is 2.24 bits per heavy atom. The Labute approximate surface area is 102 Å². The zero-order valence-electron chi connectivity index (χ0n) is 10.7. The van der Waals surface area contributed by atoms with Crippen molar-refractivity contribution < 1.29 is 14.3 Å². The molecule has 0 aromatic rings. The summed E-state index contributed by atoms with van der Waals surface area (Å²) in [6.45, 7) is 3.47. The molecule has 6 heteroatoms. The van der Waals surface area contributed by atoms with Crippen LogP contribution in [0.4, 0.5) is 4.79 Å². The van der Waals surface area contributed by atoms with Gasteiger partial charge in [-0.15, -0.1) is 0 Å². The van der Waals surface area contributed by atoms with Crippen LogP contribution in [0.15, 0.2) is 0 Å². The fourth-order valence-electron chi connectivity index (χ4n) is 1.76. The molecular formula is C11H21N3O3. The number of carbonyl (C=O) groups is 2. The minimum Gasteiger partial charge on any atom is -0.379 e. The van der Waals surface area contributed by atoms with Crippen LogP contribution in [-0.2, 0) is 9.53 Å². The molecule has 0 aromatic carbocycles. The molecule has 1 saturated heterocycles. The molecule has 1 aliphatic heterocycles. The smallest absolute Gasteiger partial charge is 0.317 e.